The molecule has 19 heteroatoms. The second-order valence-corrected chi connectivity index (χ2v) is 22.1. The van der Waals surface area contributed by atoms with Crippen molar-refractivity contribution >= 4 is 39.3 Å². The fourth-order valence-corrected chi connectivity index (χ4v) is 12.1. The number of ether oxygens (including phenoxy) is 2. The number of carbonyl (C=O) groups is 2. The predicted octanol–water partition coefficient (Wildman–Crippen LogP) is 8.60. The van der Waals surface area contributed by atoms with Crippen LogP contribution in [0.15, 0.2) is 83.5 Å². The lowest BCUT2D eigenvalue weighted by Gasteiger charge is -2.34. The molecule has 2 unspecified atom stereocenters. The molecule has 6 atom stereocenters. The molecule has 0 spiro atoms. The number of terminal acetylenes is 1. The third kappa shape index (κ3) is 11.0. The number of fused-ring (bicyclic) bond motifs is 4. The molecule has 11 rings (SSSR count). The van der Waals surface area contributed by atoms with Gasteiger partial charge in [-0.3, -0.25) is 19.5 Å². The van der Waals surface area contributed by atoms with E-state index < -0.39 is 41.6 Å². The Morgan fingerprint density at radius 2 is 1.70 bits per heavy atom. The molecule has 7 heterocycles. The van der Waals surface area contributed by atoms with Gasteiger partial charge in [0, 0.05) is 73.5 Å². The van der Waals surface area contributed by atoms with Crippen molar-refractivity contribution in [3.8, 4) is 52.4 Å². The van der Waals surface area contributed by atoms with Crippen LogP contribution in [-0.4, -0.2) is 129 Å². The van der Waals surface area contributed by atoms with Crippen LogP contribution < -0.4 is 25.0 Å². The van der Waals surface area contributed by atoms with Gasteiger partial charge < -0.3 is 44.6 Å². The maximum absolute atomic E-state index is 17.1. The minimum atomic E-state index is -0.912. The van der Waals surface area contributed by atoms with Gasteiger partial charge >= 0.3 is 6.01 Å². The summed E-state index contributed by atoms with van der Waals surface area (Å²) in [5.41, 5.74) is 2.76. The van der Waals surface area contributed by atoms with Crippen molar-refractivity contribution in [1.29, 1.82) is 0 Å². The van der Waals surface area contributed by atoms with E-state index in [1.54, 1.807) is 12.1 Å². The van der Waals surface area contributed by atoms with Crippen molar-refractivity contribution in [1.82, 2.24) is 40.5 Å². The third-order valence-corrected chi connectivity index (χ3v) is 16.3. The number of aliphatic hydroxyl groups is 1. The Labute approximate surface area is 461 Å². The Kier molecular flexibility index (Phi) is 15.4. The number of anilines is 1. The van der Waals surface area contributed by atoms with Crippen LogP contribution in [0.1, 0.15) is 87.3 Å². The Morgan fingerprint density at radius 1 is 0.938 bits per heavy atom. The van der Waals surface area contributed by atoms with Crippen LogP contribution in [0.25, 0.3) is 44.1 Å². The fourth-order valence-electron chi connectivity index (χ4n) is 12.1. The van der Waals surface area contributed by atoms with Gasteiger partial charge in [0.1, 0.15) is 53.0 Å². The van der Waals surface area contributed by atoms with Gasteiger partial charge in [-0.15, -0.1) is 6.42 Å². The maximum atomic E-state index is 17.1. The molecule has 4 aromatic carbocycles. The zero-order valence-corrected chi connectivity index (χ0v) is 45.1. The predicted molar refractivity (Wildman–Crippen MR) is 295 cm³/mol. The SMILES string of the molecule is C#Cc1c(F)ccc2cc(O)cc(-c3ncc4c(N5CC6CCC(C5)N6)nc(OCCN5CCC(COc6cc([C@H](C(=O)N7C[C@H](O)C[C@H]7C(=O)N[C@@H](C)c7ccc(-c8c(C)cccc8F)cc7)C(C)C)on6)CC5)nc4c3F)c12. The molecule has 2 amide bonds. The van der Waals surface area contributed by atoms with E-state index in [-0.39, 0.29) is 101 Å². The number of likely N-dealkylation sites (tertiary alicyclic amines) is 2. The standard InChI is InChI=1S/C61H64F3N9O7/c1-6-44-47(62)17-14-39-24-42(74)25-45(54(39)44)56-55(64)57-46(28-65-56)58(72-29-40-15-16-41(30-72)67-40)69-61(68-57)78-23-22-71-20-18-36(19-21-71)32-79-51-27-50(80-70-51)52(33(2)3)60(77)73-31-43(75)26-49(73)59(76)66-35(5)37-10-12-38(13-11-37)53-34(4)8-7-9-48(53)63/h1,7-14,17,24-25,27-28,33,35-36,40-41,43,49,52,67,74-75H,15-16,18-23,26,29-32H2,2-5H3,(H,66,76)/t35-,40?,41?,43+,49-,52+/m0/s1. The van der Waals surface area contributed by atoms with Gasteiger partial charge in [0.25, 0.3) is 5.88 Å². The highest BCUT2D eigenvalue weighted by Gasteiger charge is 2.44. The number of halogens is 3. The zero-order chi connectivity index (χ0) is 55.9. The number of phenolic OH excluding ortho intramolecular Hbond substituents is 1. The van der Waals surface area contributed by atoms with Crippen LogP contribution in [-0.2, 0) is 9.59 Å². The molecule has 2 bridgehead atoms. The smallest absolute Gasteiger partial charge is 0.319 e. The number of aryl methyl sites for hydroxylation is 1. The second-order valence-electron chi connectivity index (χ2n) is 22.1. The number of β-amino-alcohol motifs (C(OH)–C–C–N with tert-alkyl or cyclic N) is 1. The molecule has 4 fully saturated rings. The van der Waals surface area contributed by atoms with Crippen LogP contribution in [0.3, 0.4) is 0 Å². The number of phenols is 1. The molecule has 0 saturated carbocycles. The summed E-state index contributed by atoms with van der Waals surface area (Å²) in [5.74, 6) is -0.0435. The van der Waals surface area contributed by atoms with Gasteiger partial charge in [-0.1, -0.05) is 62.2 Å². The normalized spacial score (nSPS) is 20.4. The highest BCUT2D eigenvalue weighted by atomic mass is 19.1. The van der Waals surface area contributed by atoms with Gasteiger partial charge in [-0.25, -0.2) is 13.2 Å². The van der Waals surface area contributed by atoms with E-state index in [9.17, 15) is 24.2 Å². The van der Waals surface area contributed by atoms with Crippen molar-refractivity contribution in [2.45, 2.75) is 96.0 Å². The quantitative estimate of drug-likeness (QED) is 0.0673. The molecule has 7 aromatic rings. The molecular weight excluding hydrogens is 1030 g/mol. The van der Waals surface area contributed by atoms with Crippen molar-refractivity contribution in [2.24, 2.45) is 11.8 Å². The van der Waals surface area contributed by atoms with Crippen LogP contribution in [0.2, 0.25) is 0 Å². The molecule has 4 saturated heterocycles. The van der Waals surface area contributed by atoms with E-state index in [0.717, 1.165) is 55.5 Å². The molecule has 0 aliphatic carbocycles. The highest BCUT2D eigenvalue weighted by Crippen LogP contribution is 2.40. The van der Waals surface area contributed by atoms with Gasteiger partial charge in [0.05, 0.1) is 29.7 Å². The minimum absolute atomic E-state index is 0.00772. The number of piperazine rings is 1. The number of nitrogens with zero attached hydrogens (tertiary/aromatic N) is 7. The monoisotopic (exact) mass is 1090 g/mol. The number of benzene rings is 4. The molecule has 4 aliphatic rings. The molecule has 16 nitrogen and oxygen atoms in total. The lowest BCUT2D eigenvalue weighted by Crippen LogP contribution is -2.51. The lowest BCUT2D eigenvalue weighted by molar-refractivity contribution is -0.141. The largest absolute Gasteiger partial charge is 0.508 e. The van der Waals surface area contributed by atoms with Gasteiger partial charge in [0.2, 0.25) is 11.8 Å². The summed E-state index contributed by atoms with van der Waals surface area (Å²) in [6.45, 7) is 11.5. The van der Waals surface area contributed by atoms with Crippen LogP contribution in [0, 0.1) is 48.6 Å². The number of nitrogens with one attached hydrogen (secondary N) is 2. The first-order valence-corrected chi connectivity index (χ1v) is 27.5. The summed E-state index contributed by atoms with van der Waals surface area (Å²) in [6, 6.07) is 18.6. The van der Waals surface area contributed by atoms with E-state index in [2.05, 4.69) is 41.5 Å². The van der Waals surface area contributed by atoms with E-state index >= 15 is 8.78 Å². The summed E-state index contributed by atoms with van der Waals surface area (Å²) in [4.78, 5) is 48.0. The number of pyridine rings is 1. The van der Waals surface area contributed by atoms with Gasteiger partial charge in [-0.05, 0) is 116 Å². The van der Waals surface area contributed by atoms with E-state index in [1.807, 2.05) is 58.0 Å². The second kappa shape index (κ2) is 22.8. The van der Waals surface area contributed by atoms with Crippen molar-refractivity contribution in [3.05, 3.63) is 119 Å². The van der Waals surface area contributed by atoms with Gasteiger partial charge in [0.15, 0.2) is 11.6 Å². The summed E-state index contributed by atoms with van der Waals surface area (Å²) in [5, 5.41) is 33.4. The number of amides is 2. The number of aromatic nitrogens is 4. The number of aliphatic hydroxyl groups excluding tert-OH is 1. The number of carbonyl (C=O) groups excluding carboxylic acids is 2. The van der Waals surface area contributed by atoms with Crippen LogP contribution >= 0.6 is 0 Å². The molecule has 80 heavy (non-hydrogen) atoms. The minimum Gasteiger partial charge on any atom is -0.508 e. The lowest BCUT2D eigenvalue weighted by atomic mass is 9.91. The molecular formula is C61H64F3N9O7. The highest BCUT2D eigenvalue weighted by molar-refractivity contribution is 6.03. The fraction of sp³-hybridized carbons (Fsp3) is 0.410. The number of piperidine rings is 1. The zero-order valence-electron chi connectivity index (χ0n) is 45.1. The van der Waals surface area contributed by atoms with Crippen molar-refractivity contribution in [3.63, 3.8) is 0 Å². The maximum Gasteiger partial charge on any atom is 0.319 e. The van der Waals surface area contributed by atoms with E-state index in [4.69, 9.17) is 25.4 Å². The van der Waals surface area contributed by atoms with Crippen LogP contribution in [0.5, 0.6) is 17.6 Å². The topological polar surface area (TPSA) is 192 Å². The number of hydrogen-bond acceptors (Lipinski definition) is 14. The number of rotatable bonds is 16. The molecule has 4 aliphatic heterocycles. The molecule has 0 radical (unpaired) electrons. The Bertz CT molecular complexity index is 3480. The van der Waals surface area contributed by atoms with Gasteiger partial charge in [-0.2, -0.15) is 9.97 Å². The average Bonchev–Trinajstić information content (AvgIpc) is 4.15. The summed E-state index contributed by atoms with van der Waals surface area (Å²) in [6.07, 6.45) is 10.1. The van der Waals surface area contributed by atoms with Crippen molar-refractivity contribution in [2.75, 3.05) is 57.4 Å². The number of hydrogen-bond donors (Lipinski definition) is 4. The first kappa shape index (κ1) is 54.2. The Balaban J connectivity index is 0.703. The molecule has 4 N–H and O–H groups in total. The summed E-state index contributed by atoms with van der Waals surface area (Å²) in [7, 11) is 0. The summed E-state index contributed by atoms with van der Waals surface area (Å²) < 4.78 is 64.9. The summed E-state index contributed by atoms with van der Waals surface area (Å²) >= 11 is 0. The Morgan fingerprint density at radius 3 is 2.42 bits per heavy atom. The third-order valence-electron chi connectivity index (χ3n) is 16.3. The average molecular weight is 1090 g/mol. The van der Waals surface area contributed by atoms with E-state index in [0.29, 0.717) is 54.2 Å². The van der Waals surface area contributed by atoms with Crippen molar-refractivity contribution < 1.29 is 47.0 Å². The Hall–Kier alpha value is -7.79. The first-order chi connectivity index (χ1) is 38.6. The first-order valence-electron chi connectivity index (χ1n) is 27.5. The number of aromatic hydroxyl groups is 1. The molecule has 3 aromatic heterocycles. The molecule has 416 valence electrons. The van der Waals surface area contributed by atoms with Crippen LogP contribution in [0.4, 0.5) is 19.0 Å². The van der Waals surface area contributed by atoms with E-state index in [1.165, 1.54) is 41.4 Å².